The molecule has 2 rings (SSSR count). The van der Waals surface area contributed by atoms with Crippen LogP contribution in [-0.4, -0.2) is 40.9 Å². The van der Waals surface area contributed by atoms with Crippen LogP contribution in [0.15, 0.2) is 29.5 Å². The predicted molar refractivity (Wildman–Crippen MR) is 99.9 cm³/mol. The van der Waals surface area contributed by atoms with Crippen molar-refractivity contribution in [2.45, 2.75) is 40.3 Å². The molecule has 0 amide bonds. The van der Waals surface area contributed by atoms with E-state index in [1.165, 1.54) is 0 Å². The summed E-state index contributed by atoms with van der Waals surface area (Å²) in [5.41, 5.74) is 2.24. The van der Waals surface area contributed by atoms with Gasteiger partial charge in [-0.25, -0.2) is 4.99 Å². The first-order chi connectivity index (χ1) is 12.2. The van der Waals surface area contributed by atoms with E-state index >= 15 is 0 Å². The second kappa shape index (κ2) is 9.66. The molecular weight excluding hydrogens is 316 g/mol. The van der Waals surface area contributed by atoms with Crippen LogP contribution >= 0.6 is 0 Å². The quantitative estimate of drug-likeness (QED) is 0.565. The van der Waals surface area contributed by atoms with Gasteiger partial charge < -0.3 is 19.9 Å². The Kier molecular flexibility index (Phi) is 7.25. The first-order valence-corrected chi connectivity index (χ1v) is 8.70. The van der Waals surface area contributed by atoms with E-state index in [-0.39, 0.29) is 0 Å². The minimum absolute atomic E-state index is 0.596. The molecule has 0 unspecified atom stereocenters. The van der Waals surface area contributed by atoms with Gasteiger partial charge in [0, 0.05) is 26.1 Å². The lowest BCUT2D eigenvalue weighted by Crippen LogP contribution is -2.38. The summed E-state index contributed by atoms with van der Waals surface area (Å²) >= 11 is 0. The molecule has 0 atom stereocenters. The van der Waals surface area contributed by atoms with Crippen molar-refractivity contribution in [2.75, 3.05) is 20.2 Å². The standard InChI is InChI=1S/C18H28N6O/c1-5-17-23-22-13-24(17)10-9-20-18(19-6-2)21-12-15-8-7-14(3)16(11-15)25-4/h7-8,11,13H,5-6,9-10,12H2,1-4H3,(H2,19,20,21). The lowest BCUT2D eigenvalue weighted by molar-refractivity contribution is 0.411. The maximum Gasteiger partial charge on any atom is 0.191 e. The van der Waals surface area contributed by atoms with Crippen LogP contribution in [0.1, 0.15) is 30.8 Å². The Labute approximate surface area is 149 Å². The summed E-state index contributed by atoms with van der Waals surface area (Å²) in [6.45, 7) is 9.14. The average molecular weight is 344 g/mol. The van der Waals surface area contributed by atoms with Crippen LogP contribution in [0.4, 0.5) is 0 Å². The Hall–Kier alpha value is -2.57. The van der Waals surface area contributed by atoms with Crippen molar-refractivity contribution in [3.05, 3.63) is 41.5 Å². The minimum atomic E-state index is 0.596. The van der Waals surface area contributed by atoms with E-state index < -0.39 is 0 Å². The van der Waals surface area contributed by atoms with Crippen molar-refractivity contribution in [1.29, 1.82) is 0 Å². The number of aliphatic imine (C=N–C) groups is 1. The van der Waals surface area contributed by atoms with Crippen molar-refractivity contribution in [3.8, 4) is 5.75 Å². The summed E-state index contributed by atoms with van der Waals surface area (Å²) in [6, 6.07) is 6.17. The molecule has 0 saturated heterocycles. The van der Waals surface area contributed by atoms with Crippen molar-refractivity contribution < 1.29 is 4.74 Å². The van der Waals surface area contributed by atoms with Gasteiger partial charge in [-0.1, -0.05) is 19.1 Å². The molecule has 136 valence electrons. The molecule has 1 aromatic heterocycles. The first kappa shape index (κ1) is 18.8. The highest BCUT2D eigenvalue weighted by Crippen LogP contribution is 2.19. The largest absolute Gasteiger partial charge is 0.496 e. The van der Waals surface area contributed by atoms with Gasteiger partial charge in [-0.15, -0.1) is 10.2 Å². The first-order valence-electron chi connectivity index (χ1n) is 8.70. The summed E-state index contributed by atoms with van der Waals surface area (Å²) in [4.78, 5) is 4.65. The lowest BCUT2D eigenvalue weighted by atomic mass is 10.1. The van der Waals surface area contributed by atoms with Crippen LogP contribution in [-0.2, 0) is 19.5 Å². The number of hydrogen-bond donors (Lipinski definition) is 2. The van der Waals surface area contributed by atoms with Crippen LogP contribution in [0.2, 0.25) is 0 Å². The second-order valence-electron chi connectivity index (χ2n) is 5.72. The van der Waals surface area contributed by atoms with E-state index in [1.807, 2.05) is 13.0 Å². The molecule has 0 aliphatic rings. The zero-order valence-electron chi connectivity index (χ0n) is 15.5. The summed E-state index contributed by atoms with van der Waals surface area (Å²) in [7, 11) is 1.69. The summed E-state index contributed by atoms with van der Waals surface area (Å²) in [5.74, 6) is 2.69. The number of benzene rings is 1. The fourth-order valence-electron chi connectivity index (χ4n) is 2.51. The zero-order chi connectivity index (χ0) is 18.1. The SMILES string of the molecule is CCNC(=NCc1ccc(C)c(OC)c1)NCCn1cnnc1CC. The predicted octanol–water partition coefficient (Wildman–Crippen LogP) is 1.91. The molecule has 1 heterocycles. The molecule has 0 saturated carbocycles. The van der Waals surface area contributed by atoms with Gasteiger partial charge in [-0.2, -0.15) is 0 Å². The van der Waals surface area contributed by atoms with E-state index in [9.17, 15) is 0 Å². The molecule has 0 radical (unpaired) electrons. The fourth-order valence-corrected chi connectivity index (χ4v) is 2.51. The zero-order valence-corrected chi connectivity index (χ0v) is 15.5. The van der Waals surface area contributed by atoms with Gasteiger partial charge in [0.15, 0.2) is 5.96 Å². The average Bonchev–Trinajstić information content (AvgIpc) is 3.08. The number of ether oxygens (including phenoxy) is 1. The van der Waals surface area contributed by atoms with Gasteiger partial charge in [0.25, 0.3) is 0 Å². The van der Waals surface area contributed by atoms with Crippen molar-refractivity contribution in [1.82, 2.24) is 25.4 Å². The molecular formula is C18H28N6O. The summed E-state index contributed by atoms with van der Waals surface area (Å²) in [5, 5.41) is 14.7. The third kappa shape index (κ3) is 5.48. The monoisotopic (exact) mass is 344 g/mol. The number of rotatable bonds is 8. The summed E-state index contributed by atoms with van der Waals surface area (Å²) < 4.78 is 7.43. The number of aryl methyl sites for hydroxylation is 2. The van der Waals surface area contributed by atoms with Crippen LogP contribution in [0.5, 0.6) is 5.75 Å². The molecule has 0 spiro atoms. The third-order valence-electron chi connectivity index (χ3n) is 3.89. The Morgan fingerprint density at radius 1 is 1.28 bits per heavy atom. The summed E-state index contributed by atoms with van der Waals surface area (Å²) in [6.07, 6.45) is 2.65. The van der Waals surface area contributed by atoms with Crippen LogP contribution in [0.3, 0.4) is 0 Å². The van der Waals surface area contributed by atoms with Crippen LogP contribution < -0.4 is 15.4 Å². The molecule has 0 aliphatic heterocycles. The molecule has 2 aromatic rings. The van der Waals surface area contributed by atoms with Gasteiger partial charge in [0.1, 0.15) is 17.9 Å². The number of aromatic nitrogens is 3. The normalized spacial score (nSPS) is 11.4. The van der Waals surface area contributed by atoms with E-state index in [2.05, 4.69) is 56.4 Å². The van der Waals surface area contributed by atoms with E-state index in [1.54, 1.807) is 13.4 Å². The number of methoxy groups -OCH3 is 1. The Morgan fingerprint density at radius 3 is 2.84 bits per heavy atom. The number of hydrogen-bond acceptors (Lipinski definition) is 4. The van der Waals surface area contributed by atoms with Crippen LogP contribution in [0.25, 0.3) is 0 Å². The van der Waals surface area contributed by atoms with Crippen molar-refractivity contribution in [2.24, 2.45) is 4.99 Å². The van der Waals surface area contributed by atoms with E-state index in [0.29, 0.717) is 6.54 Å². The van der Waals surface area contributed by atoms with Crippen molar-refractivity contribution in [3.63, 3.8) is 0 Å². The minimum Gasteiger partial charge on any atom is -0.496 e. The topological polar surface area (TPSA) is 76.4 Å². The number of nitrogens with one attached hydrogen (secondary N) is 2. The molecule has 1 aromatic carbocycles. The number of guanidine groups is 1. The third-order valence-corrected chi connectivity index (χ3v) is 3.89. The van der Waals surface area contributed by atoms with Crippen molar-refractivity contribution >= 4 is 5.96 Å². The molecule has 7 nitrogen and oxygen atoms in total. The Bertz CT molecular complexity index is 695. The molecule has 25 heavy (non-hydrogen) atoms. The maximum absolute atomic E-state index is 5.37. The van der Waals surface area contributed by atoms with E-state index in [0.717, 1.165) is 54.7 Å². The lowest BCUT2D eigenvalue weighted by Gasteiger charge is -2.12. The smallest absolute Gasteiger partial charge is 0.191 e. The van der Waals surface area contributed by atoms with Gasteiger partial charge in [0.05, 0.1) is 13.7 Å². The maximum atomic E-state index is 5.37. The van der Waals surface area contributed by atoms with E-state index in [4.69, 9.17) is 4.74 Å². The highest BCUT2D eigenvalue weighted by molar-refractivity contribution is 5.79. The van der Waals surface area contributed by atoms with Crippen LogP contribution in [0, 0.1) is 6.92 Å². The van der Waals surface area contributed by atoms with Gasteiger partial charge in [-0.05, 0) is 31.0 Å². The van der Waals surface area contributed by atoms with Gasteiger partial charge >= 0.3 is 0 Å². The fraction of sp³-hybridized carbons (Fsp3) is 0.500. The highest BCUT2D eigenvalue weighted by Gasteiger charge is 2.03. The van der Waals surface area contributed by atoms with Gasteiger partial charge in [0.2, 0.25) is 0 Å². The number of nitrogens with zero attached hydrogens (tertiary/aromatic N) is 4. The Morgan fingerprint density at radius 2 is 2.12 bits per heavy atom. The molecule has 2 N–H and O–H groups in total. The molecule has 7 heteroatoms. The Balaban J connectivity index is 1.93. The molecule has 0 aliphatic carbocycles. The highest BCUT2D eigenvalue weighted by atomic mass is 16.5. The second-order valence-corrected chi connectivity index (χ2v) is 5.72. The molecule has 0 bridgehead atoms. The molecule has 0 fully saturated rings. The van der Waals surface area contributed by atoms with Gasteiger partial charge in [-0.3, -0.25) is 0 Å².